The molecule has 7 heteroatoms. The maximum absolute atomic E-state index is 11.6. The Morgan fingerprint density at radius 1 is 1.61 bits per heavy atom. The van der Waals surface area contributed by atoms with Gasteiger partial charge in [-0.25, -0.2) is 4.98 Å². The number of carbonyl (C=O) groups excluding carboxylic acids is 1. The van der Waals surface area contributed by atoms with Crippen molar-refractivity contribution in [3.05, 3.63) is 11.1 Å². The fourth-order valence-electron chi connectivity index (χ4n) is 1.28. The molecule has 0 bridgehead atoms. The molecule has 0 aliphatic rings. The molecule has 4 N–H and O–H groups in total. The van der Waals surface area contributed by atoms with E-state index in [1.54, 1.807) is 19.2 Å². The second kappa shape index (κ2) is 5.81. The minimum absolute atomic E-state index is 0.108. The lowest BCUT2D eigenvalue weighted by molar-refractivity contribution is -0.148. The van der Waals surface area contributed by atoms with Crippen LogP contribution in [-0.2, 0) is 16.0 Å². The molecule has 1 heterocycles. The molecule has 0 aromatic carbocycles. The van der Waals surface area contributed by atoms with E-state index in [2.05, 4.69) is 10.3 Å². The number of nitrogens with one attached hydrogen (secondary N) is 1. The Morgan fingerprint density at radius 2 is 2.28 bits per heavy atom. The Labute approximate surface area is 109 Å². The number of rotatable bonds is 6. The van der Waals surface area contributed by atoms with Gasteiger partial charge in [0.05, 0.1) is 17.5 Å². The normalized spacial score (nSPS) is 13.9. The van der Waals surface area contributed by atoms with Crippen molar-refractivity contribution < 1.29 is 14.7 Å². The highest BCUT2D eigenvalue weighted by Crippen LogP contribution is 2.20. The van der Waals surface area contributed by atoms with Crippen molar-refractivity contribution in [2.45, 2.75) is 26.7 Å². The smallest absolute Gasteiger partial charge is 0.311 e. The average molecular weight is 271 g/mol. The lowest BCUT2D eigenvalue weighted by atomic mass is 9.88. The molecule has 1 aromatic rings. The lowest BCUT2D eigenvalue weighted by Gasteiger charge is -2.23. The summed E-state index contributed by atoms with van der Waals surface area (Å²) in [7, 11) is 0. The zero-order valence-corrected chi connectivity index (χ0v) is 11.2. The van der Waals surface area contributed by atoms with Crippen LogP contribution < -0.4 is 11.1 Å². The predicted molar refractivity (Wildman–Crippen MR) is 69.3 cm³/mol. The molecule has 0 aliphatic heterocycles. The molecule has 6 nitrogen and oxygen atoms in total. The van der Waals surface area contributed by atoms with E-state index in [1.165, 1.54) is 11.3 Å². The number of aliphatic carboxylic acids is 1. The lowest BCUT2D eigenvalue weighted by Crippen LogP contribution is -2.41. The molecule has 1 rings (SSSR count). The van der Waals surface area contributed by atoms with E-state index in [9.17, 15) is 9.59 Å². The van der Waals surface area contributed by atoms with Gasteiger partial charge in [-0.2, -0.15) is 0 Å². The Bertz CT molecular complexity index is 446. The molecule has 0 spiro atoms. The predicted octanol–water partition coefficient (Wildman–Crippen LogP) is 0.885. The number of nitrogens with zero attached hydrogens (tertiary/aromatic N) is 1. The summed E-state index contributed by atoms with van der Waals surface area (Å²) >= 11 is 1.27. The summed E-state index contributed by atoms with van der Waals surface area (Å²) in [5, 5.41) is 13.8. The number of thiazole rings is 1. The van der Waals surface area contributed by atoms with Crippen molar-refractivity contribution in [1.29, 1.82) is 0 Å². The molecule has 1 amide bonds. The van der Waals surface area contributed by atoms with Crippen LogP contribution in [0.3, 0.4) is 0 Å². The van der Waals surface area contributed by atoms with Gasteiger partial charge in [0, 0.05) is 11.9 Å². The maximum Gasteiger partial charge on any atom is 0.311 e. The third-order valence-corrected chi connectivity index (χ3v) is 3.61. The molecule has 0 radical (unpaired) electrons. The molecule has 0 saturated heterocycles. The van der Waals surface area contributed by atoms with Crippen LogP contribution in [0.5, 0.6) is 0 Å². The number of carboxylic acid groups (broad SMARTS) is 1. The zero-order chi connectivity index (χ0) is 13.8. The SMILES string of the molecule is CCC(C)(CNC(=O)Cc1csc(N)n1)C(=O)O. The summed E-state index contributed by atoms with van der Waals surface area (Å²) < 4.78 is 0. The fraction of sp³-hybridized carbons (Fsp3) is 0.545. The van der Waals surface area contributed by atoms with Crippen LogP contribution in [0.25, 0.3) is 0 Å². The number of nitrogen functional groups attached to an aromatic ring is 1. The van der Waals surface area contributed by atoms with Crippen molar-refractivity contribution in [2.24, 2.45) is 5.41 Å². The molecule has 1 atom stereocenters. The third-order valence-electron chi connectivity index (χ3n) is 2.88. The summed E-state index contributed by atoms with van der Waals surface area (Å²) in [6, 6.07) is 0. The van der Waals surface area contributed by atoms with Gasteiger partial charge in [0.25, 0.3) is 0 Å². The van der Waals surface area contributed by atoms with Crippen molar-refractivity contribution in [1.82, 2.24) is 10.3 Å². The van der Waals surface area contributed by atoms with Gasteiger partial charge in [0.15, 0.2) is 5.13 Å². The molecule has 1 unspecified atom stereocenters. The van der Waals surface area contributed by atoms with Gasteiger partial charge in [-0.3, -0.25) is 9.59 Å². The van der Waals surface area contributed by atoms with E-state index in [0.717, 1.165) is 0 Å². The van der Waals surface area contributed by atoms with E-state index in [1.807, 2.05) is 0 Å². The highest BCUT2D eigenvalue weighted by Gasteiger charge is 2.31. The van der Waals surface area contributed by atoms with Crippen LogP contribution >= 0.6 is 11.3 Å². The first-order chi connectivity index (χ1) is 8.37. The van der Waals surface area contributed by atoms with Gasteiger partial charge in [-0.05, 0) is 13.3 Å². The van der Waals surface area contributed by atoms with Gasteiger partial charge in [0.1, 0.15) is 0 Å². The first-order valence-corrected chi connectivity index (χ1v) is 6.45. The summed E-state index contributed by atoms with van der Waals surface area (Å²) in [6.07, 6.45) is 0.569. The van der Waals surface area contributed by atoms with Crippen LogP contribution in [-0.4, -0.2) is 28.5 Å². The number of hydrogen-bond donors (Lipinski definition) is 3. The molecule has 0 saturated carbocycles. The maximum atomic E-state index is 11.6. The fourth-order valence-corrected chi connectivity index (χ4v) is 1.84. The van der Waals surface area contributed by atoms with E-state index in [0.29, 0.717) is 17.2 Å². The largest absolute Gasteiger partial charge is 0.481 e. The summed E-state index contributed by atoms with van der Waals surface area (Å²) in [6.45, 7) is 3.50. The third kappa shape index (κ3) is 3.69. The van der Waals surface area contributed by atoms with Crippen LogP contribution in [0, 0.1) is 5.41 Å². The first-order valence-electron chi connectivity index (χ1n) is 5.57. The molecular formula is C11H17N3O3S. The summed E-state index contributed by atoms with van der Waals surface area (Å²) in [5.41, 5.74) is 5.12. The van der Waals surface area contributed by atoms with Crippen molar-refractivity contribution >= 4 is 28.3 Å². The minimum Gasteiger partial charge on any atom is -0.481 e. The van der Waals surface area contributed by atoms with Crippen LogP contribution in [0.2, 0.25) is 0 Å². The Kier molecular flexibility index (Phi) is 4.66. The highest BCUT2D eigenvalue weighted by molar-refractivity contribution is 7.13. The van der Waals surface area contributed by atoms with Gasteiger partial charge >= 0.3 is 5.97 Å². The summed E-state index contributed by atoms with van der Waals surface area (Å²) in [4.78, 5) is 26.6. The van der Waals surface area contributed by atoms with Crippen LogP contribution in [0.4, 0.5) is 5.13 Å². The van der Waals surface area contributed by atoms with Crippen molar-refractivity contribution in [3.63, 3.8) is 0 Å². The van der Waals surface area contributed by atoms with Gasteiger partial charge < -0.3 is 16.2 Å². The van der Waals surface area contributed by atoms with Gasteiger partial charge in [-0.1, -0.05) is 6.92 Å². The molecule has 0 fully saturated rings. The Balaban J connectivity index is 2.48. The number of amides is 1. The number of carboxylic acids is 1. The molecule has 18 heavy (non-hydrogen) atoms. The van der Waals surface area contributed by atoms with E-state index < -0.39 is 11.4 Å². The topological polar surface area (TPSA) is 105 Å². The molecular weight excluding hydrogens is 254 g/mol. The zero-order valence-electron chi connectivity index (χ0n) is 10.4. The quantitative estimate of drug-likeness (QED) is 0.712. The monoisotopic (exact) mass is 271 g/mol. The van der Waals surface area contributed by atoms with E-state index in [4.69, 9.17) is 10.8 Å². The molecule has 0 aliphatic carbocycles. The van der Waals surface area contributed by atoms with E-state index in [-0.39, 0.29) is 18.9 Å². The number of anilines is 1. The average Bonchev–Trinajstić information content (AvgIpc) is 2.71. The van der Waals surface area contributed by atoms with Crippen LogP contribution in [0.15, 0.2) is 5.38 Å². The number of carbonyl (C=O) groups is 2. The Morgan fingerprint density at radius 3 is 2.72 bits per heavy atom. The number of nitrogens with two attached hydrogens (primary N) is 1. The highest BCUT2D eigenvalue weighted by atomic mass is 32.1. The van der Waals surface area contributed by atoms with Gasteiger partial charge in [0.2, 0.25) is 5.91 Å². The summed E-state index contributed by atoms with van der Waals surface area (Å²) in [5.74, 6) is -1.16. The molecule has 100 valence electrons. The van der Waals surface area contributed by atoms with Gasteiger partial charge in [-0.15, -0.1) is 11.3 Å². The second-order valence-electron chi connectivity index (χ2n) is 4.35. The second-order valence-corrected chi connectivity index (χ2v) is 5.24. The number of aromatic nitrogens is 1. The molecule has 1 aromatic heterocycles. The minimum atomic E-state index is -0.934. The van der Waals surface area contributed by atoms with E-state index >= 15 is 0 Å². The Hall–Kier alpha value is -1.63. The first kappa shape index (κ1) is 14.4. The van der Waals surface area contributed by atoms with Crippen molar-refractivity contribution in [2.75, 3.05) is 12.3 Å². The van der Waals surface area contributed by atoms with Crippen molar-refractivity contribution in [3.8, 4) is 0 Å². The standard InChI is InChI=1S/C11H17N3O3S/c1-3-11(2,9(16)17)6-13-8(15)4-7-5-18-10(12)14-7/h5H,3-4,6H2,1-2H3,(H2,12,14)(H,13,15)(H,16,17). The number of hydrogen-bond acceptors (Lipinski definition) is 5. The van der Waals surface area contributed by atoms with Crippen LogP contribution in [0.1, 0.15) is 26.0 Å².